The Hall–Kier alpha value is -1.52. The summed E-state index contributed by atoms with van der Waals surface area (Å²) in [6, 6.07) is 1.26. The van der Waals surface area contributed by atoms with Gasteiger partial charge in [0.1, 0.15) is 12.3 Å². The lowest BCUT2D eigenvalue weighted by molar-refractivity contribution is -0.0643. The maximum atomic E-state index is 11.8. The largest absolute Gasteiger partial charge is 0.394 e. The van der Waals surface area contributed by atoms with E-state index in [0.29, 0.717) is 32.8 Å². The van der Waals surface area contributed by atoms with Gasteiger partial charge in [-0.1, -0.05) is 0 Å². The van der Waals surface area contributed by atoms with Crippen LogP contribution in [0.2, 0.25) is 0 Å². The van der Waals surface area contributed by atoms with Gasteiger partial charge in [0.15, 0.2) is 0 Å². The third-order valence-corrected chi connectivity index (χ3v) is 3.92. The summed E-state index contributed by atoms with van der Waals surface area (Å²) in [5, 5.41) is 9.45. The molecule has 1 unspecified atom stereocenters. The Morgan fingerprint density at radius 1 is 1.28 bits per heavy atom. The number of aliphatic hydroxyl groups excluding tert-OH is 1. The molecule has 3 atom stereocenters. The van der Waals surface area contributed by atoms with E-state index in [1.807, 2.05) is 0 Å². The van der Waals surface area contributed by atoms with Gasteiger partial charge < -0.3 is 24.1 Å². The molecular formula is C16H26N2O7. The fourth-order valence-electron chi connectivity index (χ4n) is 2.67. The number of methoxy groups -OCH3 is 1. The Labute approximate surface area is 145 Å². The van der Waals surface area contributed by atoms with Gasteiger partial charge in [0.05, 0.1) is 12.7 Å². The molecule has 0 aromatic carbocycles. The fraction of sp³-hybridized carbons (Fsp3) is 0.750. The number of aliphatic hydroxyl groups is 1. The summed E-state index contributed by atoms with van der Waals surface area (Å²) in [4.78, 5) is 25.2. The highest BCUT2D eigenvalue weighted by Crippen LogP contribution is 2.29. The second kappa shape index (κ2) is 10.5. The summed E-state index contributed by atoms with van der Waals surface area (Å²) < 4.78 is 23.1. The molecular weight excluding hydrogens is 332 g/mol. The molecule has 0 saturated carbocycles. The molecule has 1 aliphatic rings. The van der Waals surface area contributed by atoms with Gasteiger partial charge in [0.2, 0.25) is 0 Å². The fourth-order valence-corrected chi connectivity index (χ4v) is 2.67. The highest BCUT2D eigenvalue weighted by molar-refractivity contribution is 4.88. The van der Waals surface area contributed by atoms with Crippen LogP contribution in [0, 0.1) is 0 Å². The number of aromatic amines is 1. The van der Waals surface area contributed by atoms with E-state index in [2.05, 4.69) is 4.98 Å². The average molecular weight is 358 g/mol. The number of nitrogens with one attached hydrogen (secondary N) is 1. The summed E-state index contributed by atoms with van der Waals surface area (Å²) >= 11 is 0. The Balaban J connectivity index is 1.75. The summed E-state index contributed by atoms with van der Waals surface area (Å²) in [5.74, 6) is 0. The SMILES string of the molecule is COCCCOCCCOC1C[C@H](n2ccc(=O)[nH]c2=O)O[C@@H]1CO. The van der Waals surface area contributed by atoms with Crippen molar-refractivity contribution >= 4 is 0 Å². The number of hydrogen-bond donors (Lipinski definition) is 2. The average Bonchev–Trinajstić information content (AvgIpc) is 3.00. The van der Waals surface area contributed by atoms with E-state index < -0.39 is 23.6 Å². The van der Waals surface area contributed by atoms with Gasteiger partial charge in [-0.25, -0.2) is 4.79 Å². The lowest BCUT2D eigenvalue weighted by Gasteiger charge is -2.16. The van der Waals surface area contributed by atoms with Crippen LogP contribution in [0.1, 0.15) is 25.5 Å². The minimum Gasteiger partial charge on any atom is -0.394 e. The van der Waals surface area contributed by atoms with Gasteiger partial charge in [0, 0.05) is 52.2 Å². The van der Waals surface area contributed by atoms with Crippen molar-refractivity contribution < 1.29 is 24.1 Å². The van der Waals surface area contributed by atoms with Crippen molar-refractivity contribution in [3.8, 4) is 0 Å². The van der Waals surface area contributed by atoms with Crippen LogP contribution in [0.15, 0.2) is 21.9 Å². The highest BCUT2D eigenvalue weighted by Gasteiger charge is 2.36. The molecule has 25 heavy (non-hydrogen) atoms. The topological polar surface area (TPSA) is 112 Å². The summed E-state index contributed by atoms with van der Waals surface area (Å²) in [5.41, 5.74) is -1.00. The Bertz CT molecular complexity index is 615. The molecule has 0 radical (unpaired) electrons. The number of nitrogens with zero attached hydrogens (tertiary/aromatic N) is 1. The van der Waals surface area contributed by atoms with Crippen molar-refractivity contribution in [2.75, 3.05) is 40.1 Å². The van der Waals surface area contributed by atoms with E-state index in [1.54, 1.807) is 7.11 Å². The zero-order valence-corrected chi connectivity index (χ0v) is 14.4. The molecule has 1 aromatic heterocycles. The van der Waals surface area contributed by atoms with E-state index in [1.165, 1.54) is 16.8 Å². The Morgan fingerprint density at radius 2 is 2.04 bits per heavy atom. The van der Waals surface area contributed by atoms with Crippen LogP contribution in [-0.2, 0) is 18.9 Å². The number of aromatic nitrogens is 2. The molecule has 2 N–H and O–H groups in total. The molecule has 1 aromatic rings. The standard InChI is InChI=1S/C16H26N2O7/c1-22-6-2-7-23-8-3-9-24-12-10-15(25-13(12)11-19)18-5-4-14(20)17-16(18)21/h4-5,12-13,15,19H,2-3,6-11H2,1H3,(H,17,20,21)/t12?,13-,15-/m1/s1. The molecule has 2 heterocycles. The van der Waals surface area contributed by atoms with E-state index in [4.69, 9.17) is 18.9 Å². The highest BCUT2D eigenvalue weighted by atomic mass is 16.6. The quantitative estimate of drug-likeness (QED) is 0.520. The first-order valence-electron chi connectivity index (χ1n) is 8.41. The van der Waals surface area contributed by atoms with Crippen LogP contribution in [0.25, 0.3) is 0 Å². The lowest BCUT2D eigenvalue weighted by Crippen LogP contribution is -2.31. The van der Waals surface area contributed by atoms with E-state index in [0.717, 1.165) is 12.8 Å². The van der Waals surface area contributed by atoms with Crippen LogP contribution in [0.4, 0.5) is 0 Å². The summed E-state index contributed by atoms with van der Waals surface area (Å²) in [6.07, 6.45) is 1.99. The van der Waals surface area contributed by atoms with Gasteiger partial charge in [-0.2, -0.15) is 0 Å². The maximum absolute atomic E-state index is 11.8. The van der Waals surface area contributed by atoms with Crippen LogP contribution in [0.5, 0.6) is 0 Å². The molecule has 1 saturated heterocycles. The van der Waals surface area contributed by atoms with Crippen molar-refractivity contribution in [1.29, 1.82) is 0 Å². The molecule has 0 bridgehead atoms. The number of H-pyrrole nitrogens is 1. The third kappa shape index (κ3) is 6.05. The maximum Gasteiger partial charge on any atom is 0.330 e. The normalized spacial score (nSPS) is 23.2. The minimum atomic E-state index is -0.572. The van der Waals surface area contributed by atoms with Crippen molar-refractivity contribution in [2.45, 2.75) is 37.7 Å². The number of ether oxygens (including phenoxy) is 4. The number of hydrogen-bond acceptors (Lipinski definition) is 7. The van der Waals surface area contributed by atoms with Crippen LogP contribution in [0.3, 0.4) is 0 Å². The Morgan fingerprint density at radius 3 is 2.72 bits per heavy atom. The van der Waals surface area contributed by atoms with Gasteiger partial charge in [-0.15, -0.1) is 0 Å². The molecule has 2 rings (SSSR count). The van der Waals surface area contributed by atoms with Crippen molar-refractivity contribution in [3.05, 3.63) is 33.1 Å². The molecule has 142 valence electrons. The van der Waals surface area contributed by atoms with E-state index >= 15 is 0 Å². The van der Waals surface area contributed by atoms with Crippen molar-refractivity contribution in [3.63, 3.8) is 0 Å². The van der Waals surface area contributed by atoms with Crippen LogP contribution < -0.4 is 11.2 Å². The monoisotopic (exact) mass is 358 g/mol. The zero-order valence-electron chi connectivity index (χ0n) is 14.4. The zero-order chi connectivity index (χ0) is 18.1. The second-order valence-corrected chi connectivity index (χ2v) is 5.79. The summed E-state index contributed by atoms with van der Waals surface area (Å²) in [6.45, 7) is 2.19. The van der Waals surface area contributed by atoms with Crippen molar-refractivity contribution in [1.82, 2.24) is 9.55 Å². The van der Waals surface area contributed by atoms with Crippen LogP contribution >= 0.6 is 0 Å². The molecule has 1 aliphatic heterocycles. The number of rotatable bonds is 11. The molecule has 0 aliphatic carbocycles. The van der Waals surface area contributed by atoms with Gasteiger partial charge in [-0.05, 0) is 12.8 Å². The first kappa shape index (κ1) is 19.8. The van der Waals surface area contributed by atoms with Gasteiger partial charge in [-0.3, -0.25) is 14.3 Å². The van der Waals surface area contributed by atoms with Crippen molar-refractivity contribution in [2.24, 2.45) is 0 Å². The molecule has 0 spiro atoms. The molecule has 1 fully saturated rings. The van der Waals surface area contributed by atoms with E-state index in [9.17, 15) is 14.7 Å². The molecule has 9 nitrogen and oxygen atoms in total. The minimum absolute atomic E-state index is 0.202. The smallest absolute Gasteiger partial charge is 0.330 e. The van der Waals surface area contributed by atoms with Crippen LogP contribution in [-0.4, -0.2) is 67.0 Å². The predicted molar refractivity (Wildman–Crippen MR) is 88.6 cm³/mol. The second-order valence-electron chi connectivity index (χ2n) is 5.79. The molecule has 9 heteroatoms. The van der Waals surface area contributed by atoms with Gasteiger partial charge >= 0.3 is 5.69 Å². The van der Waals surface area contributed by atoms with Gasteiger partial charge in [0.25, 0.3) is 5.56 Å². The lowest BCUT2D eigenvalue weighted by atomic mass is 10.2. The summed E-state index contributed by atoms with van der Waals surface area (Å²) in [7, 11) is 1.66. The third-order valence-electron chi connectivity index (χ3n) is 3.92. The Kier molecular flexibility index (Phi) is 8.29. The first-order valence-corrected chi connectivity index (χ1v) is 8.41. The predicted octanol–water partition coefficient (Wildman–Crippen LogP) is -0.355. The van der Waals surface area contributed by atoms with E-state index in [-0.39, 0.29) is 12.7 Å². The first-order chi connectivity index (χ1) is 12.2. The molecule has 0 amide bonds.